The van der Waals surface area contributed by atoms with Gasteiger partial charge in [0.15, 0.2) is 6.10 Å². The first-order valence-corrected chi connectivity index (χ1v) is 6.64. The standard InChI is InChI=1S/C14H17ClO3/c1-3-9-8-11-10(6-5-7-12(11)15)13(18-9)14(16)17-4-2/h5-7,9,13H,3-4,8H2,1-2H3/t9-,13?/m1/s1. The molecule has 4 heteroatoms. The van der Waals surface area contributed by atoms with E-state index in [9.17, 15) is 4.79 Å². The van der Waals surface area contributed by atoms with Crippen LogP contribution >= 0.6 is 11.6 Å². The third kappa shape index (κ3) is 2.52. The van der Waals surface area contributed by atoms with E-state index in [0.717, 1.165) is 24.0 Å². The molecule has 0 saturated carbocycles. The fraction of sp³-hybridized carbons (Fsp3) is 0.500. The molecule has 1 aromatic rings. The molecule has 1 unspecified atom stereocenters. The Morgan fingerprint density at radius 1 is 1.50 bits per heavy atom. The molecule has 0 fully saturated rings. The minimum absolute atomic E-state index is 0.0202. The lowest BCUT2D eigenvalue weighted by Gasteiger charge is -2.31. The number of rotatable bonds is 3. The van der Waals surface area contributed by atoms with Crippen LogP contribution in [-0.2, 0) is 20.7 Å². The molecule has 2 atom stereocenters. The van der Waals surface area contributed by atoms with E-state index in [-0.39, 0.29) is 12.1 Å². The van der Waals surface area contributed by atoms with Crippen molar-refractivity contribution >= 4 is 17.6 Å². The Bertz CT molecular complexity index is 445. The summed E-state index contributed by atoms with van der Waals surface area (Å²) in [5, 5.41) is 0.698. The van der Waals surface area contributed by atoms with E-state index in [4.69, 9.17) is 21.1 Å². The van der Waals surface area contributed by atoms with E-state index in [1.807, 2.05) is 25.1 Å². The molecule has 98 valence electrons. The third-order valence-electron chi connectivity index (χ3n) is 3.15. The van der Waals surface area contributed by atoms with Gasteiger partial charge in [0.1, 0.15) is 0 Å². The fourth-order valence-corrected chi connectivity index (χ4v) is 2.48. The van der Waals surface area contributed by atoms with Crippen molar-refractivity contribution in [2.75, 3.05) is 6.61 Å². The van der Waals surface area contributed by atoms with Crippen molar-refractivity contribution in [3.63, 3.8) is 0 Å². The van der Waals surface area contributed by atoms with Gasteiger partial charge in [-0.3, -0.25) is 0 Å². The first-order chi connectivity index (χ1) is 8.67. The van der Waals surface area contributed by atoms with Crippen molar-refractivity contribution in [3.8, 4) is 0 Å². The second kappa shape index (κ2) is 5.72. The van der Waals surface area contributed by atoms with Crippen LogP contribution in [0.25, 0.3) is 0 Å². The molecule has 0 N–H and O–H groups in total. The summed E-state index contributed by atoms with van der Waals surface area (Å²) in [4.78, 5) is 11.9. The molecule has 1 heterocycles. The molecule has 0 aromatic heterocycles. The lowest BCUT2D eigenvalue weighted by Crippen LogP contribution is -2.31. The van der Waals surface area contributed by atoms with Crippen LogP contribution in [0.3, 0.4) is 0 Å². The number of halogens is 1. The van der Waals surface area contributed by atoms with E-state index < -0.39 is 6.10 Å². The highest BCUT2D eigenvalue weighted by molar-refractivity contribution is 6.31. The third-order valence-corrected chi connectivity index (χ3v) is 3.51. The Hall–Kier alpha value is -1.06. The molecule has 0 saturated heterocycles. The highest BCUT2D eigenvalue weighted by atomic mass is 35.5. The average Bonchev–Trinajstić information content (AvgIpc) is 2.38. The summed E-state index contributed by atoms with van der Waals surface area (Å²) < 4.78 is 10.9. The van der Waals surface area contributed by atoms with E-state index in [2.05, 4.69) is 0 Å². The van der Waals surface area contributed by atoms with Gasteiger partial charge >= 0.3 is 5.97 Å². The Labute approximate surface area is 112 Å². The van der Waals surface area contributed by atoms with Gasteiger partial charge in [0.25, 0.3) is 0 Å². The maximum atomic E-state index is 11.9. The maximum absolute atomic E-state index is 11.9. The lowest BCUT2D eigenvalue weighted by atomic mass is 9.93. The molecule has 3 nitrogen and oxygen atoms in total. The number of carbonyl (C=O) groups is 1. The number of fused-ring (bicyclic) bond motifs is 1. The largest absolute Gasteiger partial charge is 0.464 e. The smallest absolute Gasteiger partial charge is 0.339 e. The summed E-state index contributed by atoms with van der Waals surface area (Å²) in [5.74, 6) is -0.334. The van der Waals surface area contributed by atoms with Crippen molar-refractivity contribution in [2.24, 2.45) is 0 Å². The number of hydrogen-bond acceptors (Lipinski definition) is 3. The maximum Gasteiger partial charge on any atom is 0.339 e. The topological polar surface area (TPSA) is 35.5 Å². The molecule has 1 aliphatic heterocycles. The first-order valence-electron chi connectivity index (χ1n) is 6.26. The van der Waals surface area contributed by atoms with Gasteiger partial charge in [0, 0.05) is 11.4 Å². The van der Waals surface area contributed by atoms with Gasteiger partial charge in [-0.1, -0.05) is 30.7 Å². The summed E-state index contributed by atoms with van der Waals surface area (Å²) in [6.45, 7) is 4.18. The molecular formula is C14H17ClO3. The molecule has 0 bridgehead atoms. The monoisotopic (exact) mass is 268 g/mol. The minimum Gasteiger partial charge on any atom is -0.464 e. The summed E-state index contributed by atoms with van der Waals surface area (Å²) in [6.07, 6.45) is 0.978. The zero-order valence-electron chi connectivity index (χ0n) is 10.6. The van der Waals surface area contributed by atoms with Crippen LogP contribution in [0.4, 0.5) is 0 Å². The van der Waals surface area contributed by atoms with Crippen molar-refractivity contribution in [1.29, 1.82) is 0 Å². The van der Waals surface area contributed by atoms with E-state index in [1.54, 1.807) is 6.92 Å². The summed E-state index contributed by atoms with van der Waals surface area (Å²) in [5.41, 5.74) is 1.85. The first kappa shape index (κ1) is 13.4. The molecule has 2 rings (SSSR count). The van der Waals surface area contributed by atoms with Crippen LogP contribution in [0.2, 0.25) is 5.02 Å². The minimum atomic E-state index is -0.641. The van der Waals surface area contributed by atoms with E-state index in [1.165, 1.54) is 0 Å². The van der Waals surface area contributed by atoms with Gasteiger partial charge in [-0.25, -0.2) is 4.79 Å². The fourth-order valence-electron chi connectivity index (χ4n) is 2.22. The highest BCUT2D eigenvalue weighted by Gasteiger charge is 2.33. The summed E-state index contributed by atoms with van der Waals surface area (Å²) >= 11 is 6.20. The van der Waals surface area contributed by atoms with Crippen molar-refractivity contribution in [1.82, 2.24) is 0 Å². The Balaban J connectivity index is 2.37. The lowest BCUT2D eigenvalue weighted by molar-refractivity contribution is -0.163. The van der Waals surface area contributed by atoms with Crippen LogP contribution < -0.4 is 0 Å². The number of esters is 1. The second-order valence-corrected chi connectivity index (χ2v) is 4.72. The summed E-state index contributed by atoms with van der Waals surface area (Å²) in [7, 11) is 0. The zero-order chi connectivity index (χ0) is 13.1. The normalized spacial score (nSPS) is 22.4. The number of hydrogen-bond donors (Lipinski definition) is 0. The summed E-state index contributed by atoms with van der Waals surface area (Å²) in [6, 6.07) is 5.57. The Morgan fingerprint density at radius 3 is 2.94 bits per heavy atom. The van der Waals surface area contributed by atoms with Gasteiger partial charge < -0.3 is 9.47 Å². The van der Waals surface area contributed by atoms with Crippen LogP contribution in [0.15, 0.2) is 18.2 Å². The molecule has 0 aliphatic carbocycles. The molecular weight excluding hydrogens is 252 g/mol. The quantitative estimate of drug-likeness (QED) is 0.789. The van der Waals surface area contributed by atoms with Gasteiger partial charge in [-0.15, -0.1) is 0 Å². The van der Waals surface area contributed by atoms with Crippen molar-refractivity contribution < 1.29 is 14.3 Å². The van der Waals surface area contributed by atoms with Crippen LogP contribution in [0.1, 0.15) is 37.5 Å². The van der Waals surface area contributed by atoms with Crippen LogP contribution in [0.5, 0.6) is 0 Å². The van der Waals surface area contributed by atoms with Gasteiger partial charge in [0.05, 0.1) is 12.7 Å². The molecule has 0 spiro atoms. The Kier molecular flexibility index (Phi) is 4.25. The molecule has 0 radical (unpaired) electrons. The van der Waals surface area contributed by atoms with E-state index >= 15 is 0 Å². The van der Waals surface area contributed by atoms with Crippen molar-refractivity contribution in [2.45, 2.75) is 38.9 Å². The highest BCUT2D eigenvalue weighted by Crippen LogP contribution is 2.35. The van der Waals surface area contributed by atoms with E-state index in [0.29, 0.717) is 11.6 Å². The predicted molar refractivity (Wildman–Crippen MR) is 69.7 cm³/mol. The number of carbonyl (C=O) groups excluding carboxylic acids is 1. The molecule has 1 aromatic carbocycles. The van der Waals surface area contributed by atoms with Crippen LogP contribution in [-0.4, -0.2) is 18.7 Å². The number of ether oxygens (including phenoxy) is 2. The van der Waals surface area contributed by atoms with Crippen molar-refractivity contribution in [3.05, 3.63) is 34.3 Å². The zero-order valence-corrected chi connectivity index (χ0v) is 11.4. The average molecular weight is 269 g/mol. The molecule has 0 amide bonds. The Morgan fingerprint density at radius 2 is 2.28 bits per heavy atom. The second-order valence-electron chi connectivity index (χ2n) is 4.31. The molecule has 18 heavy (non-hydrogen) atoms. The number of benzene rings is 1. The van der Waals surface area contributed by atoms with Gasteiger partial charge in [-0.2, -0.15) is 0 Å². The van der Waals surface area contributed by atoms with Crippen LogP contribution in [0, 0.1) is 0 Å². The molecule has 1 aliphatic rings. The van der Waals surface area contributed by atoms with Gasteiger partial charge in [0.2, 0.25) is 0 Å². The van der Waals surface area contributed by atoms with Gasteiger partial charge in [-0.05, 0) is 30.5 Å². The predicted octanol–water partition coefficient (Wildman–Crippen LogP) is 3.30. The SMILES string of the molecule is CCOC(=O)C1O[C@H](CC)Cc2c(Cl)cccc21.